The van der Waals surface area contributed by atoms with Gasteiger partial charge in [-0.25, -0.2) is 5.43 Å². The van der Waals surface area contributed by atoms with Crippen molar-refractivity contribution in [1.82, 2.24) is 4.98 Å². The van der Waals surface area contributed by atoms with Gasteiger partial charge in [0, 0.05) is 16.8 Å². The van der Waals surface area contributed by atoms with E-state index in [1.54, 1.807) is 0 Å². The lowest BCUT2D eigenvalue weighted by Gasteiger charge is -2.02. The van der Waals surface area contributed by atoms with Gasteiger partial charge in [0.2, 0.25) is 0 Å². The van der Waals surface area contributed by atoms with Crippen LogP contribution >= 0.6 is 0 Å². The first-order chi connectivity index (χ1) is 13.7. The van der Waals surface area contributed by atoms with E-state index in [1.165, 1.54) is 0 Å². The quantitative estimate of drug-likeness (QED) is 0.280. The first-order valence-corrected chi connectivity index (χ1v) is 8.98. The standard InChI is InChI=1S/C23H20N4O/c1-16(19-13-8-14-20(24)15-19)26-27-23-25-21(17-9-4-2-5-10-17)22(28-23)18-11-6-3-7-12-18/h2-15H,24H2,1H3,(H,25,27)/b26-16+. The van der Waals surface area contributed by atoms with Crippen molar-refractivity contribution in [3.8, 4) is 22.6 Å². The van der Waals surface area contributed by atoms with Crippen LogP contribution in [0.2, 0.25) is 0 Å². The lowest BCUT2D eigenvalue weighted by Crippen LogP contribution is -2.00. The molecular weight excluding hydrogens is 348 g/mol. The second-order valence-corrected chi connectivity index (χ2v) is 6.36. The van der Waals surface area contributed by atoms with Gasteiger partial charge in [-0.05, 0) is 24.6 Å². The van der Waals surface area contributed by atoms with Gasteiger partial charge >= 0.3 is 6.01 Å². The number of hydrazone groups is 1. The van der Waals surface area contributed by atoms with Gasteiger partial charge in [0.25, 0.3) is 0 Å². The Hall–Kier alpha value is -3.86. The summed E-state index contributed by atoms with van der Waals surface area (Å²) in [5.74, 6) is 0.700. The van der Waals surface area contributed by atoms with E-state index < -0.39 is 0 Å². The molecule has 28 heavy (non-hydrogen) atoms. The van der Waals surface area contributed by atoms with E-state index in [0.29, 0.717) is 17.5 Å². The molecule has 0 unspecified atom stereocenters. The lowest BCUT2D eigenvalue weighted by molar-refractivity contribution is 0.587. The Morgan fingerprint density at radius 3 is 2.25 bits per heavy atom. The molecule has 5 nitrogen and oxygen atoms in total. The number of nitrogens with two attached hydrogens (primary N) is 1. The largest absolute Gasteiger partial charge is 0.422 e. The van der Waals surface area contributed by atoms with Gasteiger partial charge in [-0.2, -0.15) is 10.1 Å². The number of aromatic nitrogens is 1. The van der Waals surface area contributed by atoms with Gasteiger partial charge in [-0.1, -0.05) is 72.8 Å². The normalized spacial score (nSPS) is 11.4. The fourth-order valence-electron chi connectivity index (χ4n) is 2.90. The lowest BCUT2D eigenvalue weighted by atomic mass is 10.1. The monoisotopic (exact) mass is 368 g/mol. The van der Waals surface area contributed by atoms with Gasteiger partial charge < -0.3 is 10.2 Å². The van der Waals surface area contributed by atoms with Crippen LogP contribution in [0.1, 0.15) is 12.5 Å². The first-order valence-electron chi connectivity index (χ1n) is 8.98. The van der Waals surface area contributed by atoms with Gasteiger partial charge in [0.15, 0.2) is 5.76 Å². The zero-order chi connectivity index (χ0) is 19.3. The van der Waals surface area contributed by atoms with Crippen LogP contribution in [0.25, 0.3) is 22.6 Å². The predicted molar refractivity (Wildman–Crippen MR) is 114 cm³/mol. The summed E-state index contributed by atoms with van der Waals surface area (Å²) in [7, 11) is 0. The van der Waals surface area contributed by atoms with E-state index in [4.69, 9.17) is 10.2 Å². The molecule has 0 spiro atoms. The Morgan fingerprint density at radius 1 is 0.893 bits per heavy atom. The summed E-state index contributed by atoms with van der Waals surface area (Å²) in [5.41, 5.74) is 13.9. The van der Waals surface area contributed by atoms with Crippen LogP contribution in [-0.2, 0) is 0 Å². The molecule has 0 fully saturated rings. The molecule has 0 aliphatic heterocycles. The molecule has 0 saturated heterocycles. The number of oxazole rings is 1. The zero-order valence-corrected chi connectivity index (χ0v) is 15.5. The summed E-state index contributed by atoms with van der Waals surface area (Å²) < 4.78 is 6.01. The average molecular weight is 368 g/mol. The number of anilines is 2. The summed E-state index contributed by atoms with van der Waals surface area (Å²) in [6.45, 7) is 1.90. The minimum absolute atomic E-state index is 0.334. The highest BCUT2D eigenvalue weighted by molar-refractivity contribution is 5.99. The first kappa shape index (κ1) is 17.5. The number of hydrogen-bond acceptors (Lipinski definition) is 5. The van der Waals surface area contributed by atoms with Crippen molar-refractivity contribution >= 4 is 17.4 Å². The number of nitrogens with zero attached hydrogens (tertiary/aromatic N) is 2. The summed E-state index contributed by atoms with van der Waals surface area (Å²) in [4.78, 5) is 4.63. The molecule has 0 atom stereocenters. The minimum Gasteiger partial charge on any atom is -0.422 e. The molecule has 4 rings (SSSR count). The maximum atomic E-state index is 6.01. The third-order valence-corrected chi connectivity index (χ3v) is 4.33. The molecule has 3 aromatic carbocycles. The smallest absolute Gasteiger partial charge is 0.316 e. The molecule has 0 bridgehead atoms. The van der Waals surface area contributed by atoms with Crippen molar-refractivity contribution in [2.45, 2.75) is 6.92 Å². The number of rotatable bonds is 5. The summed E-state index contributed by atoms with van der Waals surface area (Å²) in [6.07, 6.45) is 0. The Kier molecular flexibility index (Phi) is 4.89. The summed E-state index contributed by atoms with van der Waals surface area (Å²) in [5, 5.41) is 4.40. The fourth-order valence-corrected chi connectivity index (χ4v) is 2.90. The maximum Gasteiger partial charge on any atom is 0.316 e. The van der Waals surface area contributed by atoms with Crippen molar-refractivity contribution in [1.29, 1.82) is 0 Å². The van der Waals surface area contributed by atoms with Crippen molar-refractivity contribution in [2.75, 3.05) is 11.2 Å². The number of benzene rings is 3. The highest BCUT2D eigenvalue weighted by Crippen LogP contribution is 2.34. The molecule has 0 aliphatic carbocycles. The van der Waals surface area contributed by atoms with Crippen LogP contribution in [0.15, 0.2) is 94.4 Å². The molecule has 0 saturated carbocycles. The third kappa shape index (κ3) is 3.78. The van der Waals surface area contributed by atoms with Crippen LogP contribution in [0.4, 0.5) is 11.7 Å². The van der Waals surface area contributed by atoms with Crippen LogP contribution in [0.5, 0.6) is 0 Å². The van der Waals surface area contributed by atoms with Gasteiger partial charge in [0.05, 0.1) is 5.71 Å². The third-order valence-electron chi connectivity index (χ3n) is 4.33. The zero-order valence-electron chi connectivity index (χ0n) is 15.5. The van der Waals surface area contributed by atoms with Crippen molar-refractivity contribution < 1.29 is 4.42 Å². The SMILES string of the molecule is C/C(=N\Nc1nc(-c2ccccc2)c(-c2ccccc2)o1)c1cccc(N)c1. The molecule has 5 heteroatoms. The average Bonchev–Trinajstić information content (AvgIpc) is 3.18. The molecule has 0 amide bonds. The highest BCUT2D eigenvalue weighted by Gasteiger charge is 2.16. The van der Waals surface area contributed by atoms with E-state index in [9.17, 15) is 0 Å². The van der Waals surface area contributed by atoms with Crippen LogP contribution in [0.3, 0.4) is 0 Å². The van der Waals surface area contributed by atoms with Gasteiger partial charge in [-0.15, -0.1) is 0 Å². The second-order valence-electron chi connectivity index (χ2n) is 6.36. The summed E-state index contributed by atoms with van der Waals surface area (Å²) in [6, 6.07) is 27.8. The molecule has 1 aromatic heterocycles. The van der Waals surface area contributed by atoms with Crippen LogP contribution in [-0.4, -0.2) is 10.7 Å². The molecule has 138 valence electrons. The molecular formula is C23H20N4O. The molecule has 0 radical (unpaired) electrons. The van der Waals surface area contributed by atoms with Crippen LogP contribution < -0.4 is 11.2 Å². The van der Waals surface area contributed by atoms with E-state index in [2.05, 4.69) is 15.5 Å². The van der Waals surface area contributed by atoms with Crippen molar-refractivity contribution in [3.63, 3.8) is 0 Å². The number of nitrogens with one attached hydrogen (secondary N) is 1. The molecule has 1 heterocycles. The van der Waals surface area contributed by atoms with E-state index >= 15 is 0 Å². The van der Waals surface area contributed by atoms with Gasteiger partial charge in [-0.3, -0.25) is 0 Å². The molecule has 0 aliphatic rings. The van der Waals surface area contributed by atoms with E-state index in [1.807, 2.05) is 91.9 Å². The fraction of sp³-hybridized carbons (Fsp3) is 0.0435. The molecule has 3 N–H and O–H groups in total. The van der Waals surface area contributed by atoms with E-state index in [0.717, 1.165) is 28.1 Å². The Labute approximate surface area is 163 Å². The van der Waals surface area contributed by atoms with Crippen molar-refractivity contribution in [2.24, 2.45) is 5.10 Å². The minimum atomic E-state index is 0.334. The number of hydrogen-bond donors (Lipinski definition) is 2. The highest BCUT2D eigenvalue weighted by atomic mass is 16.4. The van der Waals surface area contributed by atoms with E-state index in [-0.39, 0.29) is 0 Å². The summed E-state index contributed by atoms with van der Waals surface area (Å²) >= 11 is 0. The Bertz CT molecular complexity index is 1040. The predicted octanol–water partition coefficient (Wildman–Crippen LogP) is 5.43. The van der Waals surface area contributed by atoms with Crippen LogP contribution in [0, 0.1) is 0 Å². The topological polar surface area (TPSA) is 76.4 Å². The maximum absolute atomic E-state index is 6.01. The second kappa shape index (κ2) is 7.80. The Balaban J connectivity index is 1.69. The molecule has 4 aromatic rings. The van der Waals surface area contributed by atoms with Gasteiger partial charge in [0.1, 0.15) is 5.69 Å². The Morgan fingerprint density at radius 2 is 1.57 bits per heavy atom. The van der Waals surface area contributed by atoms with Crippen molar-refractivity contribution in [3.05, 3.63) is 90.5 Å². The number of nitrogen functional groups attached to an aromatic ring is 1.